The van der Waals surface area contributed by atoms with Crippen molar-refractivity contribution in [1.29, 1.82) is 0 Å². The number of hydrogen-bond donors (Lipinski definition) is 0. The van der Waals surface area contributed by atoms with Crippen molar-refractivity contribution < 1.29 is 0 Å². The van der Waals surface area contributed by atoms with Crippen molar-refractivity contribution in [2.75, 3.05) is 0 Å². The van der Waals surface area contributed by atoms with Crippen LogP contribution in [0.5, 0.6) is 0 Å². The Hall–Kier alpha value is -6.47. The average molecular weight is 751 g/mol. The fourth-order valence-electron chi connectivity index (χ4n) is 9.08. The molecule has 1 aliphatic rings. The lowest BCUT2D eigenvalue weighted by Crippen LogP contribution is -2.95. The number of hydrogen-bond acceptors (Lipinski definition) is 2. The summed E-state index contributed by atoms with van der Waals surface area (Å²) in [6, 6.07) is 76.5. The van der Waals surface area contributed by atoms with Crippen molar-refractivity contribution in [2.24, 2.45) is 9.98 Å². The Labute approximate surface area is 332 Å². The molecule has 0 saturated heterocycles. The molecule has 0 atom stereocenters. The molecule has 0 aromatic heterocycles. The predicted octanol–water partition coefficient (Wildman–Crippen LogP) is 8.50. The summed E-state index contributed by atoms with van der Waals surface area (Å²) in [6.07, 6.45) is 3.99. The van der Waals surface area contributed by atoms with Crippen molar-refractivity contribution in [2.45, 2.75) is 13.8 Å². The van der Waals surface area contributed by atoms with Crippen LogP contribution in [0, 0.1) is 13.8 Å². The van der Waals surface area contributed by atoms with Crippen LogP contribution in [0.2, 0.25) is 0 Å². The second kappa shape index (κ2) is 15.0. The van der Waals surface area contributed by atoms with Gasteiger partial charge in [0.25, 0.3) is 0 Å². The molecule has 0 saturated carbocycles. The van der Waals surface area contributed by atoms with E-state index in [0.717, 1.165) is 22.5 Å². The number of rotatable bonds is 8. The van der Waals surface area contributed by atoms with Gasteiger partial charge >= 0.3 is 0 Å². The van der Waals surface area contributed by atoms with Gasteiger partial charge in [0.05, 0.1) is 11.4 Å². The highest BCUT2D eigenvalue weighted by Gasteiger charge is 2.65. The lowest BCUT2D eigenvalue weighted by atomic mass is 10.00. The van der Waals surface area contributed by atoms with Crippen LogP contribution in [-0.4, -0.2) is 27.6 Å². The van der Waals surface area contributed by atoms with Gasteiger partial charge in [0.15, 0.2) is 15.2 Å². The molecule has 56 heavy (non-hydrogen) atoms. The predicted molar refractivity (Wildman–Crippen MR) is 244 cm³/mol. The van der Waals surface area contributed by atoms with Gasteiger partial charge in [-0.15, -0.1) is 0 Å². The Morgan fingerprint density at radius 2 is 0.607 bits per heavy atom. The van der Waals surface area contributed by atoms with E-state index >= 15 is 0 Å². The Balaban J connectivity index is 1.48. The van der Waals surface area contributed by atoms with Crippen LogP contribution >= 0.6 is 0 Å². The number of nitrogens with zero attached hydrogens (tertiary/aromatic N) is 2. The summed E-state index contributed by atoms with van der Waals surface area (Å²) in [5.41, 5.74) is 8.94. The minimum atomic E-state index is -3.07. The van der Waals surface area contributed by atoms with Gasteiger partial charge in [-0.3, -0.25) is 9.98 Å². The van der Waals surface area contributed by atoms with Crippen LogP contribution in [0.15, 0.2) is 216 Å². The van der Waals surface area contributed by atoms with E-state index in [-0.39, 0.29) is 0 Å². The molecule has 8 aromatic carbocycles. The molecule has 9 rings (SSSR count). The first-order chi connectivity index (χ1) is 27.6. The topological polar surface area (TPSA) is 24.7 Å². The maximum Gasteiger partial charge on any atom is 0.155 e. The molecule has 0 bridgehead atoms. The smallest absolute Gasteiger partial charge is 0.155 e. The molecule has 1 heterocycles. The van der Waals surface area contributed by atoms with Gasteiger partial charge in [-0.1, -0.05) is 215 Å². The molecule has 0 spiro atoms. The van der Waals surface area contributed by atoms with Gasteiger partial charge in [0.1, 0.15) is 0 Å². The van der Waals surface area contributed by atoms with Crippen LogP contribution in [0.3, 0.4) is 0 Å². The summed E-state index contributed by atoms with van der Waals surface area (Å²) in [7, 11) is -6.14. The van der Waals surface area contributed by atoms with Gasteiger partial charge in [0.2, 0.25) is 0 Å². The van der Waals surface area contributed by atoms with Gasteiger partial charge in [0, 0.05) is 12.4 Å². The number of aryl methyl sites for hydroxylation is 2. The Morgan fingerprint density at radius 3 is 0.893 bits per heavy atom. The zero-order valence-corrected chi connectivity index (χ0v) is 33.7. The molecule has 0 fully saturated rings. The lowest BCUT2D eigenvalue weighted by molar-refractivity contribution is 1.39. The highest BCUT2D eigenvalue weighted by atomic mass is 29.3. The van der Waals surface area contributed by atoms with Gasteiger partial charge < -0.3 is 0 Å². The van der Waals surface area contributed by atoms with Gasteiger partial charge in [-0.2, -0.15) is 0 Å². The molecule has 268 valence electrons. The first-order valence-electron chi connectivity index (χ1n) is 19.3. The van der Waals surface area contributed by atoms with E-state index in [1.807, 2.05) is 24.6 Å². The molecule has 1 aliphatic heterocycles. The third-order valence-corrected chi connectivity index (χ3v) is 28.3. The van der Waals surface area contributed by atoms with Crippen LogP contribution in [0.4, 0.5) is 11.4 Å². The van der Waals surface area contributed by atoms with Crippen LogP contribution in [-0.2, 0) is 0 Å². The maximum absolute atomic E-state index is 5.19. The minimum Gasteiger partial charge on any atom is -0.256 e. The zero-order chi connectivity index (χ0) is 38.0. The quantitative estimate of drug-likeness (QED) is 0.110. The fraction of sp³-hybridized carbons (Fsp3) is 0.0385. The first kappa shape index (κ1) is 35.2. The third-order valence-electron chi connectivity index (χ3n) is 11.5. The molecular weight excluding hydrogens is 709 g/mol. The normalized spacial score (nSPS) is 14.0. The molecule has 0 unspecified atom stereocenters. The Morgan fingerprint density at radius 1 is 0.339 bits per heavy atom. The van der Waals surface area contributed by atoms with Crippen LogP contribution < -0.4 is 31.1 Å². The van der Waals surface area contributed by atoms with Crippen molar-refractivity contribution in [3.05, 3.63) is 229 Å². The number of aliphatic imine (C=N–C) groups is 2. The Bertz CT molecular complexity index is 2410. The first-order valence-corrected chi connectivity index (χ1v) is 24.3. The van der Waals surface area contributed by atoms with E-state index in [1.54, 1.807) is 0 Å². The highest BCUT2D eigenvalue weighted by molar-refractivity contribution is 7.68. The van der Waals surface area contributed by atoms with Crippen molar-refractivity contribution >= 4 is 70.1 Å². The van der Waals surface area contributed by atoms with E-state index in [0.29, 0.717) is 0 Å². The third kappa shape index (κ3) is 5.86. The molecule has 0 aliphatic carbocycles. The standard InChI is InChI=1S/C52H42N2Si2/c1-39-33-51-47(35-49(39)53-37-41-21-9-3-10-22-41)48-36-50(54-38-42-23-11-4-12-24-42)40(2)34-52(48)56(45-29-17-7-18-30-45,46-31-19-8-20-32-46)55(51,43-25-13-5-14-26-43)44-27-15-6-16-28-44/h3-38H,1-2H3/b53-37+,54-38+. The molecule has 2 nitrogen and oxygen atoms in total. The second-order valence-corrected chi connectivity index (χ2v) is 25.6. The lowest BCUT2D eigenvalue weighted by Gasteiger charge is -2.54. The van der Waals surface area contributed by atoms with Crippen molar-refractivity contribution in [3.8, 4) is 11.1 Å². The molecule has 0 N–H and O–H groups in total. The molecular formula is C52H42N2Si2. The maximum atomic E-state index is 5.19. The molecule has 4 heteroatoms. The molecule has 8 aromatic rings. The van der Waals surface area contributed by atoms with E-state index in [1.165, 1.54) is 53.4 Å². The summed E-state index contributed by atoms with van der Waals surface area (Å²) in [6.45, 7) is 4.48. The summed E-state index contributed by atoms with van der Waals surface area (Å²) in [5, 5.41) is 8.53. The average Bonchev–Trinajstić information content (AvgIpc) is 3.26. The van der Waals surface area contributed by atoms with Gasteiger partial charge in [-0.05, 0) is 69.7 Å². The SMILES string of the molecule is Cc1cc2c(cc1/N=C/c1ccccc1)-c1cc(/N=C/c3ccccc3)c(C)cc1[Si](c1ccccc1)(c1ccccc1)[Si]2(c1ccccc1)c1ccccc1. The van der Waals surface area contributed by atoms with Crippen LogP contribution in [0.1, 0.15) is 22.3 Å². The van der Waals surface area contributed by atoms with Crippen molar-refractivity contribution in [1.82, 2.24) is 0 Å². The van der Waals surface area contributed by atoms with E-state index in [4.69, 9.17) is 9.98 Å². The summed E-state index contributed by atoms with van der Waals surface area (Å²) in [5.74, 6) is 0. The summed E-state index contributed by atoms with van der Waals surface area (Å²) < 4.78 is 0. The second-order valence-electron chi connectivity index (χ2n) is 14.7. The van der Waals surface area contributed by atoms with E-state index < -0.39 is 15.2 Å². The van der Waals surface area contributed by atoms with Gasteiger partial charge in [-0.25, -0.2) is 0 Å². The number of benzene rings is 8. The van der Waals surface area contributed by atoms with E-state index in [2.05, 4.69) is 208 Å². The molecule has 0 amide bonds. The largest absolute Gasteiger partial charge is 0.256 e. The zero-order valence-electron chi connectivity index (χ0n) is 31.7. The highest BCUT2D eigenvalue weighted by Crippen LogP contribution is 2.39. The summed E-state index contributed by atoms with van der Waals surface area (Å²) >= 11 is 0. The van der Waals surface area contributed by atoms with E-state index in [9.17, 15) is 0 Å². The van der Waals surface area contributed by atoms with Crippen LogP contribution in [0.25, 0.3) is 11.1 Å². The van der Waals surface area contributed by atoms with Crippen molar-refractivity contribution in [3.63, 3.8) is 0 Å². The monoisotopic (exact) mass is 750 g/mol. The molecule has 0 radical (unpaired) electrons. The minimum absolute atomic E-state index is 0.978. The fourth-order valence-corrected chi connectivity index (χ4v) is 29.3. The number of fused-ring (bicyclic) bond motifs is 3. The Kier molecular flexibility index (Phi) is 9.43. The summed E-state index contributed by atoms with van der Waals surface area (Å²) in [4.78, 5) is 10.4.